The van der Waals surface area contributed by atoms with Crippen LogP contribution in [-0.4, -0.2) is 10.8 Å². The van der Waals surface area contributed by atoms with Crippen molar-refractivity contribution in [3.8, 4) is 11.3 Å². The predicted molar refractivity (Wildman–Crippen MR) is 86.9 cm³/mol. The van der Waals surface area contributed by atoms with E-state index in [9.17, 15) is 26.7 Å². The first-order valence-electron chi connectivity index (χ1n) is 7.35. The summed E-state index contributed by atoms with van der Waals surface area (Å²) in [6.07, 6.45) is -5.05. The molecule has 0 saturated heterocycles. The molecule has 0 atom stereocenters. The van der Waals surface area contributed by atoms with E-state index in [1.807, 2.05) is 0 Å². The summed E-state index contributed by atoms with van der Waals surface area (Å²) in [7, 11) is 0. The second-order valence-electron chi connectivity index (χ2n) is 5.37. The highest BCUT2D eigenvalue weighted by atomic mass is 32.1. The zero-order valence-electron chi connectivity index (χ0n) is 13.0. The number of carbonyl (C=O) groups excluding carboxylic acids is 1. The normalized spacial score (nSPS) is 11.6. The van der Waals surface area contributed by atoms with E-state index in [1.54, 1.807) is 0 Å². The van der Waals surface area contributed by atoms with Gasteiger partial charge in [-0.25, -0.2) is 13.8 Å². The van der Waals surface area contributed by atoms with Gasteiger partial charge in [-0.2, -0.15) is 13.2 Å². The van der Waals surface area contributed by atoms with Crippen molar-refractivity contribution in [2.45, 2.75) is 12.6 Å². The Labute approximate surface area is 148 Å². The van der Waals surface area contributed by atoms with E-state index < -0.39 is 41.1 Å². The van der Waals surface area contributed by atoms with E-state index in [0.717, 1.165) is 35.6 Å². The SMILES string of the molecule is O=C(Cc1nc(-c2c(F)cccc2F)cs1)c1ccccc1C(F)(F)F. The van der Waals surface area contributed by atoms with Gasteiger partial charge in [0.15, 0.2) is 5.78 Å². The molecule has 0 bridgehead atoms. The average molecular weight is 383 g/mol. The molecule has 1 heterocycles. The molecular weight excluding hydrogens is 373 g/mol. The number of nitrogens with zero attached hydrogens (tertiary/aromatic N) is 1. The predicted octanol–water partition coefficient (Wildman–Crippen LogP) is 5.53. The molecule has 3 rings (SSSR count). The largest absolute Gasteiger partial charge is 0.417 e. The van der Waals surface area contributed by atoms with Crippen LogP contribution in [0.15, 0.2) is 47.8 Å². The molecule has 0 N–H and O–H groups in total. The maximum absolute atomic E-state index is 13.8. The van der Waals surface area contributed by atoms with Gasteiger partial charge in [0.05, 0.1) is 23.2 Å². The van der Waals surface area contributed by atoms with Gasteiger partial charge < -0.3 is 0 Å². The molecule has 1 aromatic heterocycles. The fourth-order valence-electron chi connectivity index (χ4n) is 2.46. The summed E-state index contributed by atoms with van der Waals surface area (Å²) in [4.78, 5) is 16.3. The lowest BCUT2D eigenvalue weighted by Gasteiger charge is -2.11. The first-order chi connectivity index (χ1) is 12.3. The molecule has 2 nitrogen and oxygen atoms in total. The van der Waals surface area contributed by atoms with Gasteiger partial charge >= 0.3 is 6.18 Å². The molecule has 0 aliphatic carbocycles. The third-order valence-corrected chi connectivity index (χ3v) is 4.46. The van der Waals surface area contributed by atoms with Crippen molar-refractivity contribution in [2.75, 3.05) is 0 Å². The molecule has 26 heavy (non-hydrogen) atoms. The third kappa shape index (κ3) is 3.65. The highest BCUT2D eigenvalue weighted by Crippen LogP contribution is 2.33. The van der Waals surface area contributed by atoms with Crippen molar-refractivity contribution in [3.63, 3.8) is 0 Å². The van der Waals surface area contributed by atoms with Crippen LogP contribution in [0.3, 0.4) is 0 Å². The molecule has 0 fully saturated rings. The number of alkyl halides is 3. The van der Waals surface area contributed by atoms with Crippen molar-refractivity contribution in [2.24, 2.45) is 0 Å². The van der Waals surface area contributed by atoms with Crippen LogP contribution < -0.4 is 0 Å². The Hall–Kier alpha value is -2.61. The van der Waals surface area contributed by atoms with Crippen molar-refractivity contribution >= 4 is 17.1 Å². The quantitative estimate of drug-likeness (QED) is 0.438. The van der Waals surface area contributed by atoms with Crippen LogP contribution in [0.2, 0.25) is 0 Å². The minimum Gasteiger partial charge on any atom is -0.294 e. The number of Topliss-reactive ketones (excluding diaryl/α,β-unsaturated/α-hetero) is 1. The van der Waals surface area contributed by atoms with E-state index >= 15 is 0 Å². The Bertz CT molecular complexity index is 944. The van der Waals surface area contributed by atoms with E-state index in [-0.39, 0.29) is 16.3 Å². The molecule has 0 aliphatic rings. The van der Waals surface area contributed by atoms with Gasteiger partial charge in [0, 0.05) is 10.9 Å². The Morgan fingerprint density at radius 2 is 1.65 bits per heavy atom. The molecule has 0 radical (unpaired) electrons. The van der Waals surface area contributed by atoms with Crippen molar-refractivity contribution < 1.29 is 26.7 Å². The first kappa shape index (κ1) is 18.2. The number of aromatic nitrogens is 1. The minimum absolute atomic E-state index is 0.00231. The summed E-state index contributed by atoms with van der Waals surface area (Å²) < 4.78 is 66.6. The van der Waals surface area contributed by atoms with Crippen LogP contribution in [0.1, 0.15) is 20.9 Å². The molecule has 2 aromatic carbocycles. The maximum Gasteiger partial charge on any atom is 0.417 e. The Morgan fingerprint density at radius 1 is 1.00 bits per heavy atom. The molecule has 134 valence electrons. The second kappa shape index (κ2) is 6.95. The van der Waals surface area contributed by atoms with E-state index in [2.05, 4.69) is 4.98 Å². The number of hydrogen-bond donors (Lipinski definition) is 0. The van der Waals surface area contributed by atoms with Crippen molar-refractivity contribution in [3.05, 3.63) is 75.6 Å². The Morgan fingerprint density at radius 3 is 2.31 bits per heavy atom. The smallest absolute Gasteiger partial charge is 0.294 e. The molecule has 3 aromatic rings. The van der Waals surface area contributed by atoms with Crippen molar-refractivity contribution in [1.82, 2.24) is 4.98 Å². The summed E-state index contributed by atoms with van der Waals surface area (Å²) >= 11 is 0.952. The summed E-state index contributed by atoms with van der Waals surface area (Å²) in [5, 5.41) is 1.53. The lowest BCUT2D eigenvalue weighted by Crippen LogP contribution is -2.14. The van der Waals surface area contributed by atoms with Gasteiger partial charge in [-0.3, -0.25) is 4.79 Å². The van der Waals surface area contributed by atoms with Crippen LogP contribution in [0.4, 0.5) is 22.0 Å². The first-order valence-corrected chi connectivity index (χ1v) is 8.23. The summed E-state index contributed by atoms with van der Waals surface area (Å²) in [5.41, 5.74) is -1.83. The minimum atomic E-state index is -4.66. The van der Waals surface area contributed by atoms with Gasteiger partial charge in [-0.1, -0.05) is 24.3 Å². The van der Waals surface area contributed by atoms with E-state index in [1.165, 1.54) is 23.6 Å². The molecule has 8 heteroatoms. The number of halogens is 5. The zero-order valence-corrected chi connectivity index (χ0v) is 13.8. The highest BCUT2D eigenvalue weighted by molar-refractivity contribution is 7.10. The zero-order chi connectivity index (χ0) is 18.9. The Kier molecular flexibility index (Phi) is 4.86. The number of ketones is 1. The number of thiazole rings is 1. The summed E-state index contributed by atoms with van der Waals surface area (Å²) in [6.45, 7) is 0. The monoisotopic (exact) mass is 383 g/mol. The fraction of sp³-hybridized carbons (Fsp3) is 0.111. The van der Waals surface area contributed by atoms with E-state index in [4.69, 9.17) is 0 Å². The third-order valence-electron chi connectivity index (χ3n) is 3.62. The molecule has 0 amide bonds. The Balaban J connectivity index is 1.88. The molecule has 0 saturated carbocycles. The molecular formula is C18H10F5NOS. The second-order valence-corrected chi connectivity index (χ2v) is 6.31. The van der Waals surface area contributed by atoms with E-state index in [0.29, 0.717) is 0 Å². The lowest BCUT2D eigenvalue weighted by atomic mass is 10.0. The lowest BCUT2D eigenvalue weighted by molar-refractivity contribution is -0.137. The van der Waals surface area contributed by atoms with Crippen LogP contribution in [-0.2, 0) is 12.6 Å². The number of rotatable bonds is 4. The van der Waals surface area contributed by atoms with Crippen LogP contribution in [0, 0.1) is 11.6 Å². The standard InChI is InChI=1S/C18H10F5NOS/c19-12-6-3-7-13(20)17(12)14-9-26-16(24-14)8-15(25)10-4-1-2-5-11(10)18(21,22)23/h1-7,9H,8H2. The topological polar surface area (TPSA) is 30.0 Å². The van der Waals surface area contributed by atoms with Crippen LogP contribution >= 0.6 is 11.3 Å². The van der Waals surface area contributed by atoms with Crippen LogP contribution in [0.5, 0.6) is 0 Å². The highest BCUT2D eigenvalue weighted by Gasteiger charge is 2.34. The van der Waals surface area contributed by atoms with Gasteiger partial charge in [-0.05, 0) is 18.2 Å². The molecule has 0 unspecified atom stereocenters. The molecule has 0 aliphatic heterocycles. The number of carbonyl (C=O) groups is 1. The maximum atomic E-state index is 13.8. The number of benzene rings is 2. The summed E-state index contributed by atoms with van der Waals surface area (Å²) in [5.74, 6) is -2.39. The summed E-state index contributed by atoms with van der Waals surface area (Å²) in [6, 6.07) is 7.81. The molecule has 0 spiro atoms. The number of hydrogen-bond acceptors (Lipinski definition) is 3. The average Bonchev–Trinajstić information content (AvgIpc) is 3.02. The van der Waals surface area contributed by atoms with Gasteiger partial charge in [0.1, 0.15) is 16.6 Å². The van der Waals surface area contributed by atoms with Crippen LogP contribution in [0.25, 0.3) is 11.3 Å². The van der Waals surface area contributed by atoms with Gasteiger partial charge in [0.2, 0.25) is 0 Å². The van der Waals surface area contributed by atoms with Gasteiger partial charge in [0.25, 0.3) is 0 Å². The van der Waals surface area contributed by atoms with Gasteiger partial charge in [-0.15, -0.1) is 11.3 Å². The van der Waals surface area contributed by atoms with Crippen molar-refractivity contribution in [1.29, 1.82) is 0 Å². The fourth-order valence-corrected chi connectivity index (χ4v) is 3.24.